The van der Waals surface area contributed by atoms with E-state index in [0.29, 0.717) is 13.3 Å². The number of nitrogens with two attached hydrogens (primary N) is 1. The van der Waals surface area contributed by atoms with Gasteiger partial charge in [-0.3, -0.25) is 4.79 Å². The van der Waals surface area contributed by atoms with E-state index in [0.717, 1.165) is 19.6 Å². The fourth-order valence-corrected chi connectivity index (χ4v) is 1.82. The van der Waals surface area contributed by atoms with Gasteiger partial charge in [-0.1, -0.05) is 0 Å². The first-order valence-electron chi connectivity index (χ1n) is 6.11. The summed E-state index contributed by atoms with van der Waals surface area (Å²) in [5.41, 5.74) is 2.18. The van der Waals surface area contributed by atoms with Crippen molar-refractivity contribution in [2.45, 2.75) is 37.9 Å². The van der Waals surface area contributed by atoms with E-state index >= 15 is 0 Å². The van der Waals surface area contributed by atoms with Crippen LogP contribution in [0.4, 0.5) is 13.2 Å². The molecule has 0 radical (unpaired) electrons. The predicted octanol–water partition coefficient (Wildman–Crippen LogP) is 0.868. The molecule has 1 amide bonds. The maximum Gasteiger partial charge on any atom is 0.415 e. The third kappa shape index (κ3) is 3.84. The average molecular weight is 267 g/mol. The van der Waals surface area contributed by atoms with Crippen molar-refractivity contribution in [3.05, 3.63) is 0 Å². The molecule has 1 aliphatic rings. The van der Waals surface area contributed by atoms with Gasteiger partial charge >= 0.3 is 6.18 Å². The minimum atomic E-state index is -4.73. The fraction of sp³-hybridized carbons (Fsp3) is 0.909. The molecule has 1 atom stereocenters. The molecule has 0 aromatic carbocycles. The van der Waals surface area contributed by atoms with Gasteiger partial charge < -0.3 is 16.0 Å². The number of rotatable bonds is 5. The van der Waals surface area contributed by atoms with E-state index in [1.807, 2.05) is 0 Å². The zero-order valence-corrected chi connectivity index (χ0v) is 10.5. The van der Waals surface area contributed by atoms with Gasteiger partial charge in [0.05, 0.1) is 0 Å². The normalized spacial score (nSPS) is 20.7. The summed E-state index contributed by atoms with van der Waals surface area (Å²) in [7, 11) is 0. The van der Waals surface area contributed by atoms with Crippen LogP contribution in [0.15, 0.2) is 0 Å². The van der Waals surface area contributed by atoms with Crippen LogP contribution in [0.25, 0.3) is 0 Å². The quantitative estimate of drug-likeness (QED) is 0.727. The molecule has 0 spiro atoms. The second-order valence-corrected chi connectivity index (χ2v) is 4.86. The van der Waals surface area contributed by atoms with Gasteiger partial charge in [0.2, 0.25) is 5.91 Å². The standard InChI is InChI=1S/C11H20F3N3O/c1-10(15,11(12,13)14)9(18)16-5-4-8-17-6-2-3-7-17/h2-8,15H2,1H3,(H,16,18). The van der Waals surface area contributed by atoms with Crippen LogP contribution in [0.1, 0.15) is 26.2 Å². The zero-order valence-electron chi connectivity index (χ0n) is 10.5. The Kier molecular flexibility index (Phi) is 4.98. The number of likely N-dealkylation sites (tertiary alicyclic amines) is 1. The molecule has 7 heteroatoms. The highest BCUT2D eigenvalue weighted by molar-refractivity contribution is 5.86. The van der Waals surface area contributed by atoms with Gasteiger partial charge in [0, 0.05) is 6.54 Å². The highest BCUT2D eigenvalue weighted by Crippen LogP contribution is 2.27. The second kappa shape index (κ2) is 5.88. The summed E-state index contributed by atoms with van der Waals surface area (Å²) in [6.45, 7) is 3.77. The number of amides is 1. The first-order chi connectivity index (χ1) is 8.25. The monoisotopic (exact) mass is 267 g/mol. The maximum absolute atomic E-state index is 12.4. The number of nitrogens with zero attached hydrogens (tertiary/aromatic N) is 1. The number of nitrogens with one attached hydrogen (secondary N) is 1. The topological polar surface area (TPSA) is 58.4 Å². The molecule has 3 N–H and O–H groups in total. The molecule has 1 aliphatic heterocycles. The van der Waals surface area contributed by atoms with Crippen LogP contribution in [-0.4, -0.2) is 48.7 Å². The van der Waals surface area contributed by atoms with Crippen LogP contribution < -0.4 is 11.1 Å². The Hall–Kier alpha value is -0.820. The highest BCUT2D eigenvalue weighted by Gasteiger charge is 2.53. The Morgan fingerprint density at radius 2 is 1.89 bits per heavy atom. The van der Waals surface area contributed by atoms with Crippen LogP contribution in [0.3, 0.4) is 0 Å². The summed E-state index contributed by atoms with van der Waals surface area (Å²) in [5, 5.41) is 2.24. The SMILES string of the molecule is CC(N)(C(=O)NCCCN1CCCC1)C(F)(F)F. The molecule has 1 rings (SSSR count). The van der Waals surface area contributed by atoms with Crippen LogP contribution >= 0.6 is 0 Å². The minimum Gasteiger partial charge on any atom is -0.354 e. The Bertz CT molecular complexity index is 286. The molecule has 0 bridgehead atoms. The molecule has 4 nitrogen and oxygen atoms in total. The Balaban J connectivity index is 2.24. The lowest BCUT2D eigenvalue weighted by molar-refractivity contribution is -0.187. The Morgan fingerprint density at radius 3 is 2.39 bits per heavy atom. The molecule has 0 aliphatic carbocycles. The lowest BCUT2D eigenvalue weighted by Crippen LogP contribution is -2.61. The number of alkyl halides is 3. The second-order valence-electron chi connectivity index (χ2n) is 4.86. The number of hydrogen-bond acceptors (Lipinski definition) is 3. The van der Waals surface area contributed by atoms with Gasteiger partial charge in [-0.15, -0.1) is 0 Å². The van der Waals surface area contributed by atoms with Crippen molar-refractivity contribution in [1.29, 1.82) is 0 Å². The van der Waals surface area contributed by atoms with E-state index in [9.17, 15) is 18.0 Å². The number of carbonyl (C=O) groups is 1. The molecule has 1 heterocycles. The lowest BCUT2D eigenvalue weighted by atomic mass is 10.0. The van der Waals surface area contributed by atoms with Gasteiger partial charge in [-0.2, -0.15) is 13.2 Å². The van der Waals surface area contributed by atoms with Crippen LogP contribution in [0.2, 0.25) is 0 Å². The van der Waals surface area contributed by atoms with Crippen molar-refractivity contribution in [3.8, 4) is 0 Å². The van der Waals surface area contributed by atoms with Gasteiger partial charge in [-0.05, 0) is 45.8 Å². The number of carbonyl (C=O) groups excluding carboxylic acids is 1. The first kappa shape index (κ1) is 15.2. The van der Waals surface area contributed by atoms with Crippen molar-refractivity contribution in [2.75, 3.05) is 26.2 Å². The minimum absolute atomic E-state index is 0.220. The molecule has 0 aromatic rings. The van der Waals surface area contributed by atoms with Crippen molar-refractivity contribution in [3.63, 3.8) is 0 Å². The van der Waals surface area contributed by atoms with E-state index in [4.69, 9.17) is 5.73 Å². The first-order valence-corrected chi connectivity index (χ1v) is 6.11. The summed E-state index contributed by atoms with van der Waals surface area (Å²) < 4.78 is 37.3. The van der Waals surface area contributed by atoms with Gasteiger partial charge in [0.25, 0.3) is 0 Å². The van der Waals surface area contributed by atoms with E-state index in [1.165, 1.54) is 12.8 Å². The van der Waals surface area contributed by atoms with E-state index < -0.39 is 17.6 Å². The Labute approximate surface area is 105 Å². The summed E-state index contributed by atoms with van der Waals surface area (Å²) >= 11 is 0. The molecule has 1 unspecified atom stereocenters. The smallest absolute Gasteiger partial charge is 0.354 e. The largest absolute Gasteiger partial charge is 0.415 e. The highest BCUT2D eigenvalue weighted by atomic mass is 19.4. The molecule has 1 saturated heterocycles. The molecule has 106 valence electrons. The van der Waals surface area contributed by atoms with Gasteiger partial charge in [-0.25, -0.2) is 0 Å². The third-order valence-electron chi connectivity index (χ3n) is 3.20. The van der Waals surface area contributed by atoms with Gasteiger partial charge in [0.15, 0.2) is 5.54 Å². The molecule has 1 fully saturated rings. The maximum atomic E-state index is 12.4. The Morgan fingerprint density at radius 1 is 1.33 bits per heavy atom. The van der Waals surface area contributed by atoms with Crippen LogP contribution in [0, 0.1) is 0 Å². The summed E-state index contributed by atoms with van der Waals surface area (Å²) in [6.07, 6.45) is -1.76. The average Bonchev–Trinajstić information content (AvgIpc) is 2.75. The van der Waals surface area contributed by atoms with E-state index in [1.54, 1.807) is 0 Å². The number of halogens is 3. The van der Waals surface area contributed by atoms with Crippen molar-refractivity contribution < 1.29 is 18.0 Å². The zero-order chi connectivity index (χ0) is 13.8. The molecule has 18 heavy (non-hydrogen) atoms. The predicted molar refractivity (Wildman–Crippen MR) is 61.9 cm³/mol. The van der Waals surface area contributed by atoms with Gasteiger partial charge in [0.1, 0.15) is 0 Å². The number of hydrogen-bond donors (Lipinski definition) is 2. The van der Waals surface area contributed by atoms with Crippen LogP contribution in [0.5, 0.6) is 0 Å². The fourth-order valence-electron chi connectivity index (χ4n) is 1.82. The molecule has 0 aromatic heterocycles. The van der Waals surface area contributed by atoms with E-state index in [2.05, 4.69) is 10.2 Å². The third-order valence-corrected chi connectivity index (χ3v) is 3.20. The summed E-state index contributed by atoms with van der Waals surface area (Å²) in [5.74, 6) is -1.17. The molecular formula is C11H20F3N3O. The lowest BCUT2D eigenvalue weighted by Gasteiger charge is -2.26. The van der Waals surface area contributed by atoms with Crippen molar-refractivity contribution in [2.24, 2.45) is 5.73 Å². The summed E-state index contributed by atoms with van der Waals surface area (Å²) in [6, 6.07) is 0. The molecule has 0 saturated carbocycles. The van der Waals surface area contributed by atoms with Crippen molar-refractivity contribution >= 4 is 5.91 Å². The van der Waals surface area contributed by atoms with E-state index in [-0.39, 0.29) is 6.54 Å². The van der Waals surface area contributed by atoms with Crippen molar-refractivity contribution in [1.82, 2.24) is 10.2 Å². The molecular weight excluding hydrogens is 247 g/mol. The summed E-state index contributed by atoms with van der Waals surface area (Å²) in [4.78, 5) is 13.6. The van der Waals surface area contributed by atoms with Crippen LogP contribution in [-0.2, 0) is 4.79 Å².